The zero-order valence-corrected chi connectivity index (χ0v) is 8.66. The molecule has 2 nitrogen and oxygen atoms in total. The van der Waals surface area contributed by atoms with Gasteiger partial charge in [-0.2, -0.15) is 0 Å². The minimum absolute atomic E-state index is 0.213. The van der Waals surface area contributed by atoms with E-state index >= 15 is 0 Å². The SMILES string of the molecule is CC(C)C1CCc2cnccc2C1=O. The van der Waals surface area contributed by atoms with Crippen LogP contribution >= 0.6 is 0 Å². The van der Waals surface area contributed by atoms with Gasteiger partial charge in [0.25, 0.3) is 0 Å². The molecule has 2 rings (SSSR count). The Labute approximate surface area is 84.4 Å². The van der Waals surface area contributed by atoms with E-state index in [9.17, 15) is 4.79 Å². The van der Waals surface area contributed by atoms with E-state index in [0.29, 0.717) is 11.7 Å². The van der Waals surface area contributed by atoms with Crippen LogP contribution in [0.15, 0.2) is 18.5 Å². The van der Waals surface area contributed by atoms with Gasteiger partial charge < -0.3 is 0 Å². The van der Waals surface area contributed by atoms with Crippen LogP contribution in [-0.2, 0) is 6.42 Å². The average molecular weight is 189 g/mol. The zero-order valence-electron chi connectivity index (χ0n) is 8.66. The molecular formula is C12H15NO. The largest absolute Gasteiger partial charge is 0.294 e. The van der Waals surface area contributed by atoms with Gasteiger partial charge in [-0.15, -0.1) is 0 Å². The van der Waals surface area contributed by atoms with Crippen LogP contribution in [0.1, 0.15) is 36.2 Å². The molecule has 1 heterocycles. The highest BCUT2D eigenvalue weighted by Crippen LogP contribution is 2.29. The van der Waals surface area contributed by atoms with Gasteiger partial charge in [0.1, 0.15) is 0 Å². The van der Waals surface area contributed by atoms with Crippen molar-refractivity contribution in [2.75, 3.05) is 0 Å². The fourth-order valence-electron chi connectivity index (χ4n) is 2.14. The molecule has 0 aromatic carbocycles. The van der Waals surface area contributed by atoms with E-state index in [1.54, 1.807) is 6.20 Å². The Hall–Kier alpha value is -1.18. The van der Waals surface area contributed by atoms with E-state index in [-0.39, 0.29) is 5.92 Å². The van der Waals surface area contributed by atoms with Gasteiger partial charge in [-0.3, -0.25) is 9.78 Å². The molecule has 1 aliphatic rings. The number of pyridine rings is 1. The van der Waals surface area contributed by atoms with E-state index < -0.39 is 0 Å². The summed E-state index contributed by atoms with van der Waals surface area (Å²) >= 11 is 0. The molecule has 0 spiro atoms. The van der Waals surface area contributed by atoms with Crippen molar-refractivity contribution in [3.8, 4) is 0 Å². The predicted octanol–water partition coefficient (Wildman–Crippen LogP) is 2.48. The maximum absolute atomic E-state index is 12.0. The molecule has 0 aliphatic heterocycles. The molecule has 1 unspecified atom stereocenters. The van der Waals surface area contributed by atoms with Gasteiger partial charge in [0.15, 0.2) is 5.78 Å². The summed E-state index contributed by atoms with van der Waals surface area (Å²) in [4.78, 5) is 16.1. The molecule has 1 aliphatic carbocycles. The number of nitrogens with zero attached hydrogens (tertiary/aromatic N) is 1. The lowest BCUT2D eigenvalue weighted by molar-refractivity contribution is 0.0864. The number of ketones is 1. The maximum atomic E-state index is 12.0. The van der Waals surface area contributed by atoms with E-state index in [1.165, 1.54) is 0 Å². The number of hydrogen-bond acceptors (Lipinski definition) is 2. The van der Waals surface area contributed by atoms with Gasteiger partial charge in [-0.25, -0.2) is 0 Å². The summed E-state index contributed by atoms with van der Waals surface area (Å²) in [7, 11) is 0. The molecule has 1 aromatic rings. The van der Waals surface area contributed by atoms with E-state index in [1.807, 2.05) is 12.3 Å². The number of aryl methyl sites for hydroxylation is 1. The molecular weight excluding hydrogens is 174 g/mol. The third kappa shape index (κ3) is 1.45. The summed E-state index contributed by atoms with van der Waals surface area (Å²) in [6, 6.07) is 1.85. The summed E-state index contributed by atoms with van der Waals surface area (Å²) in [5.41, 5.74) is 2.01. The number of carbonyl (C=O) groups excluding carboxylic acids is 1. The van der Waals surface area contributed by atoms with Crippen LogP contribution in [0.25, 0.3) is 0 Å². The molecule has 0 amide bonds. The molecule has 0 saturated heterocycles. The van der Waals surface area contributed by atoms with Crippen molar-refractivity contribution in [1.82, 2.24) is 4.98 Å². The molecule has 0 radical (unpaired) electrons. The fourth-order valence-corrected chi connectivity index (χ4v) is 2.14. The monoisotopic (exact) mass is 189 g/mol. The van der Waals surface area contributed by atoms with Crippen molar-refractivity contribution in [3.05, 3.63) is 29.6 Å². The van der Waals surface area contributed by atoms with Crippen molar-refractivity contribution in [2.24, 2.45) is 11.8 Å². The normalized spacial score (nSPS) is 21.1. The quantitative estimate of drug-likeness (QED) is 0.679. The molecule has 2 heteroatoms. The molecule has 0 fully saturated rings. The summed E-state index contributed by atoms with van der Waals surface area (Å²) in [5, 5.41) is 0. The number of rotatable bonds is 1. The first-order chi connectivity index (χ1) is 6.70. The number of hydrogen-bond donors (Lipinski definition) is 0. The van der Waals surface area contributed by atoms with Crippen LogP contribution in [0.2, 0.25) is 0 Å². The Morgan fingerprint density at radius 2 is 2.29 bits per heavy atom. The smallest absolute Gasteiger partial charge is 0.166 e. The van der Waals surface area contributed by atoms with Crippen LogP contribution in [0.3, 0.4) is 0 Å². The molecule has 74 valence electrons. The van der Waals surface area contributed by atoms with Gasteiger partial charge in [0.2, 0.25) is 0 Å². The van der Waals surface area contributed by atoms with Crippen LogP contribution in [-0.4, -0.2) is 10.8 Å². The van der Waals surface area contributed by atoms with Crippen molar-refractivity contribution in [1.29, 1.82) is 0 Å². The highest BCUT2D eigenvalue weighted by molar-refractivity contribution is 6.00. The van der Waals surface area contributed by atoms with Crippen molar-refractivity contribution in [2.45, 2.75) is 26.7 Å². The van der Waals surface area contributed by atoms with Crippen molar-refractivity contribution >= 4 is 5.78 Å². The molecule has 0 saturated carbocycles. The van der Waals surface area contributed by atoms with Gasteiger partial charge in [0.05, 0.1) is 0 Å². The summed E-state index contributed by atoms with van der Waals surface area (Å²) in [6.07, 6.45) is 5.51. The first-order valence-corrected chi connectivity index (χ1v) is 5.17. The van der Waals surface area contributed by atoms with Crippen molar-refractivity contribution in [3.63, 3.8) is 0 Å². The predicted molar refractivity (Wildman–Crippen MR) is 55.2 cm³/mol. The fraction of sp³-hybridized carbons (Fsp3) is 0.500. The maximum Gasteiger partial charge on any atom is 0.166 e. The third-order valence-corrected chi connectivity index (χ3v) is 3.04. The number of aromatic nitrogens is 1. The Kier molecular flexibility index (Phi) is 2.36. The van der Waals surface area contributed by atoms with Crippen molar-refractivity contribution < 1.29 is 4.79 Å². The third-order valence-electron chi connectivity index (χ3n) is 3.04. The summed E-state index contributed by atoms with van der Waals surface area (Å²) in [6.45, 7) is 4.24. The van der Waals surface area contributed by atoms with Gasteiger partial charge >= 0.3 is 0 Å². The number of Topliss-reactive ketones (excluding diaryl/α,β-unsaturated/α-hetero) is 1. The van der Waals surface area contributed by atoms with Crippen LogP contribution < -0.4 is 0 Å². The lowest BCUT2D eigenvalue weighted by Gasteiger charge is -2.25. The van der Waals surface area contributed by atoms with Gasteiger partial charge in [-0.05, 0) is 30.4 Å². The Bertz CT molecular complexity index is 357. The second-order valence-electron chi connectivity index (χ2n) is 4.29. The van der Waals surface area contributed by atoms with Crippen LogP contribution in [0.5, 0.6) is 0 Å². The van der Waals surface area contributed by atoms with E-state index in [4.69, 9.17) is 0 Å². The second-order valence-corrected chi connectivity index (χ2v) is 4.29. The van der Waals surface area contributed by atoms with E-state index in [0.717, 1.165) is 24.0 Å². The number of fused-ring (bicyclic) bond motifs is 1. The Morgan fingerprint density at radius 1 is 1.50 bits per heavy atom. The number of carbonyl (C=O) groups is 1. The Balaban J connectivity index is 2.37. The van der Waals surface area contributed by atoms with Crippen LogP contribution in [0.4, 0.5) is 0 Å². The lowest BCUT2D eigenvalue weighted by atomic mass is 9.78. The highest BCUT2D eigenvalue weighted by Gasteiger charge is 2.29. The minimum atomic E-state index is 0.213. The topological polar surface area (TPSA) is 30.0 Å². The molecule has 1 aromatic heterocycles. The lowest BCUT2D eigenvalue weighted by Crippen LogP contribution is -2.26. The van der Waals surface area contributed by atoms with Gasteiger partial charge in [0, 0.05) is 23.9 Å². The summed E-state index contributed by atoms with van der Waals surface area (Å²) < 4.78 is 0. The van der Waals surface area contributed by atoms with Crippen LogP contribution in [0, 0.1) is 11.8 Å². The van der Waals surface area contributed by atoms with Gasteiger partial charge in [-0.1, -0.05) is 13.8 Å². The molecule has 0 bridgehead atoms. The summed E-state index contributed by atoms with van der Waals surface area (Å²) in [5.74, 6) is 0.970. The molecule has 1 atom stereocenters. The minimum Gasteiger partial charge on any atom is -0.294 e. The second kappa shape index (κ2) is 3.52. The standard InChI is InChI=1S/C12H15NO/c1-8(2)10-4-3-9-7-13-6-5-11(9)12(10)14/h5-8,10H,3-4H2,1-2H3. The first kappa shape index (κ1) is 9.38. The Morgan fingerprint density at radius 3 is 3.00 bits per heavy atom. The van der Waals surface area contributed by atoms with E-state index in [2.05, 4.69) is 18.8 Å². The molecule has 14 heavy (non-hydrogen) atoms. The highest BCUT2D eigenvalue weighted by atomic mass is 16.1. The zero-order chi connectivity index (χ0) is 10.1. The first-order valence-electron chi connectivity index (χ1n) is 5.17. The molecule has 0 N–H and O–H groups in total. The average Bonchev–Trinajstić information content (AvgIpc) is 2.18.